The minimum atomic E-state index is -0.693. The predicted molar refractivity (Wildman–Crippen MR) is 118 cm³/mol. The molecule has 0 radical (unpaired) electrons. The summed E-state index contributed by atoms with van der Waals surface area (Å²) in [7, 11) is 1.93. The molecule has 1 heterocycles. The van der Waals surface area contributed by atoms with E-state index in [4.69, 9.17) is 10.00 Å². The van der Waals surface area contributed by atoms with E-state index in [1.54, 1.807) is 18.2 Å². The van der Waals surface area contributed by atoms with Crippen LogP contribution in [-0.2, 0) is 17.9 Å². The van der Waals surface area contributed by atoms with Crippen molar-refractivity contribution in [2.75, 3.05) is 13.6 Å². The maximum atomic E-state index is 13.9. The Hall–Kier alpha value is -3.53. The van der Waals surface area contributed by atoms with Crippen LogP contribution in [0.2, 0.25) is 0 Å². The van der Waals surface area contributed by atoms with Gasteiger partial charge < -0.3 is 9.84 Å². The van der Waals surface area contributed by atoms with E-state index in [0.29, 0.717) is 24.2 Å². The first-order chi connectivity index (χ1) is 15.4. The first kappa shape index (κ1) is 21.7. The van der Waals surface area contributed by atoms with Gasteiger partial charge in [0.2, 0.25) is 0 Å². The number of esters is 1. The number of likely N-dealkylation sites (N-methyl/N-ethyl adjacent to an activating group) is 1. The molecule has 0 spiro atoms. The third kappa shape index (κ3) is 4.26. The Kier molecular flexibility index (Phi) is 6.04. The molecule has 0 amide bonds. The molecule has 1 aliphatic rings. The number of nitriles is 1. The molecule has 1 atom stereocenters. The molecular weight excluding hydrogens is 407 g/mol. The lowest BCUT2D eigenvalue weighted by Crippen LogP contribution is -2.24. The van der Waals surface area contributed by atoms with Crippen LogP contribution in [0.5, 0.6) is 0 Å². The van der Waals surface area contributed by atoms with E-state index in [9.17, 15) is 14.3 Å². The van der Waals surface area contributed by atoms with Crippen molar-refractivity contribution in [3.8, 4) is 17.2 Å². The monoisotopic (exact) mass is 430 g/mol. The van der Waals surface area contributed by atoms with Crippen LogP contribution in [0.3, 0.4) is 0 Å². The van der Waals surface area contributed by atoms with E-state index in [-0.39, 0.29) is 18.1 Å². The summed E-state index contributed by atoms with van der Waals surface area (Å²) in [5, 5.41) is 19.7. The SMILES string of the molecule is Cc1c(C(O)CN(C)Cc2ccc(-c3ccc(C#N)c(F)c3)cc2)ccc2c1COC2=O. The van der Waals surface area contributed by atoms with E-state index < -0.39 is 11.9 Å². The number of carbonyl (C=O) groups is 1. The van der Waals surface area contributed by atoms with E-state index in [2.05, 4.69) is 0 Å². The maximum Gasteiger partial charge on any atom is 0.338 e. The summed E-state index contributed by atoms with van der Waals surface area (Å²) in [6, 6.07) is 17.7. The van der Waals surface area contributed by atoms with E-state index in [1.807, 2.05) is 49.2 Å². The number of ether oxygens (including phenoxy) is 1. The average Bonchev–Trinajstić information content (AvgIpc) is 3.16. The number of fused-ring (bicyclic) bond motifs is 1. The molecule has 0 saturated heterocycles. The molecule has 0 aromatic heterocycles. The van der Waals surface area contributed by atoms with Crippen molar-refractivity contribution in [1.82, 2.24) is 4.90 Å². The van der Waals surface area contributed by atoms with Gasteiger partial charge in [0.05, 0.1) is 17.2 Å². The molecule has 0 saturated carbocycles. The Balaban J connectivity index is 1.41. The number of carbonyl (C=O) groups excluding carboxylic acids is 1. The summed E-state index contributed by atoms with van der Waals surface area (Å²) in [6.45, 7) is 3.22. The second kappa shape index (κ2) is 8.91. The maximum absolute atomic E-state index is 13.9. The highest BCUT2D eigenvalue weighted by Gasteiger charge is 2.25. The fraction of sp³-hybridized carbons (Fsp3) is 0.231. The molecule has 3 aromatic rings. The number of nitrogens with zero attached hydrogens (tertiary/aromatic N) is 2. The topological polar surface area (TPSA) is 73.6 Å². The first-order valence-corrected chi connectivity index (χ1v) is 10.3. The first-order valence-electron chi connectivity index (χ1n) is 10.3. The minimum Gasteiger partial charge on any atom is -0.457 e. The zero-order chi connectivity index (χ0) is 22.8. The van der Waals surface area contributed by atoms with Crippen molar-refractivity contribution in [3.05, 3.63) is 93.8 Å². The molecule has 32 heavy (non-hydrogen) atoms. The second-order valence-electron chi connectivity index (χ2n) is 8.10. The van der Waals surface area contributed by atoms with Gasteiger partial charge >= 0.3 is 5.97 Å². The van der Waals surface area contributed by atoms with Crippen molar-refractivity contribution >= 4 is 5.97 Å². The Bertz CT molecular complexity index is 1210. The molecule has 6 heteroatoms. The molecule has 0 aliphatic carbocycles. The zero-order valence-corrected chi connectivity index (χ0v) is 17.9. The predicted octanol–water partition coefficient (Wildman–Crippen LogP) is 4.51. The van der Waals surface area contributed by atoms with E-state index >= 15 is 0 Å². The van der Waals surface area contributed by atoms with Crippen molar-refractivity contribution < 1.29 is 19.0 Å². The van der Waals surface area contributed by atoms with Gasteiger partial charge in [0, 0.05) is 18.7 Å². The van der Waals surface area contributed by atoms with E-state index in [0.717, 1.165) is 27.8 Å². The summed E-state index contributed by atoms with van der Waals surface area (Å²) in [5.74, 6) is -0.839. The van der Waals surface area contributed by atoms with Crippen molar-refractivity contribution in [2.24, 2.45) is 0 Å². The van der Waals surface area contributed by atoms with Crippen molar-refractivity contribution in [1.29, 1.82) is 5.26 Å². The third-order valence-corrected chi connectivity index (χ3v) is 5.88. The molecule has 162 valence electrons. The summed E-state index contributed by atoms with van der Waals surface area (Å²) >= 11 is 0. The highest BCUT2D eigenvalue weighted by molar-refractivity contribution is 5.93. The fourth-order valence-electron chi connectivity index (χ4n) is 4.09. The van der Waals surface area contributed by atoms with E-state index in [1.165, 1.54) is 12.1 Å². The number of benzene rings is 3. The molecule has 1 unspecified atom stereocenters. The van der Waals surface area contributed by atoms with Crippen molar-refractivity contribution in [2.45, 2.75) is 26.2 Å². The van der Waals surface area contributed by atoms with Gasteiger partial charge in [-0.25, -0.2) is 9.18 Å². The smallest absolute Gasteiger partial charge is 0.338 e. The Morgan fingerprint density at radius 3 is 2.56 bits per heavy atom. The molecule has 1 N–H and O–H groups in total. The van der Waals surface area contributed by atoms with Gasteiger partial charge in [-0.2, -0.15) is 5.26 Å². The van der Waals surface area contributed by atoms with Crippen LogP contribution in [0.4, 0.5) is 4.39 Å². The number of aliphatic hydroxyl groups is 1. The van der Waals surface area contributed by atoms with Crippen LogP contribution in [0, 0.1) is 24.1 Å². The van der Waals surface area contributed by atoms with Crippen LogP contribution in [0.15, 0.2) is 54.6 Å². The molecule has 4 rings (SSSR count). The standard InChI is InChI=1S/C26H23FN2O3/c1-16-21(9-10-22-23(16)15-32-26(22)31)25(30)14-29(2)13-17-3-5-18(6-4-17)19-7-8-20(12-28)24(27)11-19/h3-11,25,30H,13-15H2,1-2H3. The highest BCUT2D eigenvalue weighted by atomic mass is 19.1. The molecule has 3 aromatic carbocycles. The molecular formula is C26H23FN2O3. The summed E-state index contributed by atoms with van der Waals surface area (Å²) in [6.07, 6.45) is -0.693. The number of halogens is 1. The number of aliphatic hydroxyl groups excluding tert-OH is 1. The van der Waals surface area contributed by atoms with Gasteiger partial charge in [0.1, 0.15) is 18.5 Å². The van der Waals surface area contributed by atoms with Crippen molar-refractivity contribution in [3.63, 3.8) is 0 Å². The fourth-order valence-corrected chi connectivity index (χ4v) is 4.09. The Labute approximate surface area is 186 Å². The third-order valence-electron chi connectivity index (χ3n) is 5.88. The largest absolute Gasteiger partial charge is 0.457 e. The van der Waals surface area contributed by atoms with Gasteiger partial charge in [0.15, 0.2) is 0 Å². The number of cyclic esters (lactones) is 1. The minimum absolute atomic E-state index is 0.0308. The van der Waals surface area contributed by atoms with Crippen LogP contribution in [0.1, 0.15) is 44.3 Å². The van der Waals surface area contributed by atoms with Crippen LogP contribution in [0.25, 0.3) is 11.1 Å². The molecule has 5 nitrogen and oxygen atoms in total. The van der Waals surface area contributed by atoms with Crippen LogP contribution < -0.4 is 0 Å². The number of hydrogen-bond acceptors (Lipinski definition) is 5. The lowest BCUT2D eigenvalue weighted by molar-refractivity contribution is 0.0535. The molecule has 0 bridgehead atoms. The molecule has 1 aliphatic heterocycles. The molecule has 0 fully saturated rings. The highest BCUT2D eigenvalue weighted by Crippen LogP contribution is 2.29. The van der Waals surface area contributed by atoms with Crippen LogP contribution >= 0.6 is 0 Å². The zero-order valence-electron chi connectivity index (χ0n) is 17.9. The number of hydrogen-bond donors (Lipinski definition) is 1. The quantitative estimate of drug-likeness (QED) is 0.583. The summed E-state index contributed by atoms with van der Waals surface area (Å²) in [5.41, 5.74) is 5.79. The Morgan fingerprint density at radius 2 is 1.88 bits per heavy atom. The van der Waals surface area contributed by atoms with Gasteiger partial charge in [0.25, 0.3) is 0 Å². The lowest BCUT2D eigenvalue weighted by Gasteiger charge is -2.22. The number of rotatable bonds is 6. The second-order valence-corrected chi connectivity index (χ2v) is 8.10. The normalized spacial score (nSPS) is 13.6. The van der Waals surface area contributed by atoms with Gasteiger partial charge in [-0.05, 0) is 60.0 Å². The van der Waals surface area contributed by atoms with Gasteiger partial charge in [-0.3, -0.25) is 4.90 Å². The van der Waals surface area contributed by atoms with Gasteiger partial charge in [-0.15, -0.1) is 0 Å². The van der Waals surface area contributed by atoms with Gasteiger partial charge in [-0.1, -0.05) is 36.4 Å². The van der Waals surface area contributed by atoms with Crippen LogP contribution in [-0.4, -0.2) is 29.6 Å². The summed E-state index contributed by atoms with van der Waals surface area (Å²) in [4.78, 5) is 13.7. The summed E-state index contributed by atoms with van der Waals surface area (Å²) < 4.78 is 19.0. The average molecular weight is 430 g/mol. The lowest BCUT2D eigenvalue weighted by atomic mass is 9.95. The Morgan fingerprint density at radius 1 is 1.16 bits per heavy atom.